The Morgan fingerprint density at radius 1 is 0.311 bits per heavy atom. The molecule has 2 nitrogen and oxygen atoms in total. The maximum Gasteiger partial charge on any atom is 0.0541 e. The summed E-state index contributed by atoms with van der Waals surface area (Å²) in [6.07, 6.45) is 0. The zero-order valence-corrected chi connectivity index (χ0v) is 25.0. The molecule has 2 aromatic heterocycles. The molecule has 9 rings (SSSR count). The maximum atomic E-state index is 2.44. The molecule has 0 fully saturated rings. The standard InChI is InChI=1S/C43H30N2/c1-44-40-21-17-32(29-11-5-2-6-12-29)25-36(40)39-28-35(20-24-41(39)44)45-42-22-18-33(30-13-7-3-8-14-30)26-37(42)38-27-34(19-23-43(38)45)31-15-9-4-10-16-31/h2-28H,1H3. The molecular weight excluding hydrogens is 544 g/mol. The van der Waals surface area contributed by atoms with Crippen molar-refractivity contribution in [3.05, 3.63) is 164 Å². The molecule has 0 saturated heterocycles. The molecule has 0 aliphatic heterocycles. The molecule has 0 aliphatic carbocycles. The van der Waals surface area contributed by atoms with E-state index in [0.29, 0.717) is 0 Å². The smallest absolute Gasteiger partial charge is 0.0541 e. The van der Waals surface area contributed by atoms with E-state index < -0.39 is 0 Å². The molecule has 2 heterocycles. The van der Waals surface area contributed by atoms with Crippen molar-refractivity contribution in [2.75, 3.05) is 0 Å². The second kappa shape index (κ2) is 10.1. The van der Waals surface area contributed by atoms with Crippen LogP contribution in [-0.2, 0) is 7.05 Å². The molecule has 0 N–H and O–H groups in total. The summed E-state index contributed by atoms with van der Waals surface area (Å²) in [7, 11) is 2.17. The Morgan fingerprint density at radius 3 is 1.11 bits per heavy atom. The molecule has 2 heteroatoms. The number of aromatic nitrogens is 2. The molecular formula is C43H30N2. The van der Waals surface area contributed by atoms with Gasteiger partial charge in [0.1, 0.15) is 0 Å². The van der Waals surface area contributed by atoms with E-state index in [2.05, 4.69) is 180 Å². The predicted octanol–water partition coefficient (Wildman–Crippen LogP) is 11.4. The monoisotopic (exact) mass is 574 g/mol. The SMILES string of the molecule is Cn1c2ccc(-c3ccccc3)cc2c2cc(-n3c4ccc(-c5ccccc5)cc4c4cc(-c5ccccc5)ccc43)ccc21. The molecule has 0 unspecified atom stereocenters. The van der Waals surface area contributed by atoms with Crippen LogP contribution in [0.3, 0.4) is 0 Å². The summed E-state index contributed by atoms with van der Waals surface area (Å²) < 4.78 is 4.75. The number of hydrogen-bond acceptors (Lipinski definition) is 0. The highest BCUT2D eigenvalue weighted by atomic mass is 15.0. The van der Waals surface area contributed by atoms with E-state index in [0.717, 1.165) is 0 Å². The van der Waals surface area contributed by atoms with E-state index >= 15 is 0 Å². The van der Waals surface area contributed by atoms with Gasteiger partial charge in [0.2, 0.25) is 0 Å². The van der Waals surface area contributed by atoms with Crippen LogP contribution in [-0.4, -0.2) is 9.13 Å². The van der Waals surface area contributed by atoms with E-state index in [4.69, 9.17) is 0 Å². The Hall–Kier alpha value is -5.86. The highest BCUT2D eigenvalue weighted by molar-refractivity contribution is 6.13. The number of hydrogen-bond donors (Lipinski definition) is 0. The third-order valence-electron chi connectivity index (χ3n) is 9.33. The van der Waals surface area contributed by atoms with Crippen LogP contribution in [0.15, 0.2) is 164 Å². The third-order valence-corrected chi connectivity index (χ3v) is 9.33. The molecule has 7 aromatic carbocycles. The predicted molar refractivity (Wildman–Crippen MR) is 191 cm³/mol. The topological polar surface area (TPSA) is 9.86 Å². The van der Waals surface area contributed by atoms with Gasteiger partial charge < -0.3 is 9.13 Å². The Kier molecular flexibility index (Phi) is 5.76. The normalized spacial score (nSPS) is 11.7. The minimum Gasteiger partial charge on any atom is -0.344 e. The molecule has 0 saturated carbocycles. The van der Waals surface area contributed by atoms with Gasteiger partial charge in [-0.2, -0.15) is 0 Å². The summed E-state index contributed by atoms with van der Waals surface area (Å²) in [4.78, 5) is 0. The minimum atomic E-state index is 1.17. The average Bonchev–Trinajstić information content (AvgIpc) is 3.59. The third kappa shape index (κ3) is 4.11. The Morgan fingerprint density at radius 2 is 0.667 bits per heavy atom. The van der Waals surface area contributed by atoms with Crippen LogP contribution in [0.25, 0.3) is 82.7 Å². The quantitative estimate of drug-likeness (QED) is 0.198. The molecule has 0 radical (unpaired) electrons. The maximum absolute atomic E-state index is 2.44. The molecule has 0 atom stereocenters. The van der Waals surface area contributed by atoms with Crippen molar-refractivity contribution in [1.82, 2.24) is 9.13 Å². The van der Waals surface area contributed by atoms with Crippen LogP contribution in [0.2, 0.25) is 0 Å². The van der Waals surface area contributed by atoms with Crippen molar-refractivity contribution >= 4 is 43.6 Å². The van der Waals surface area contributed by atoms with Crippen molar-refractivity contribution in [2.45, 2.75) is 0 Å². The number of rotatable bonds is 4. The highest BCUT2D eigenvalue weighted by Crippen LogP contribution is 2.39. The van der Waals surface area contributed by atoms with Crippen molar-refractivity contribution in [2.24, 2.45) is 7.05 Å². The van der Waals surface area contributed by atoms with Gasteiger partial charge in [0.25, 0.3) is 0 Å². The van der Waals surface area contributed by atoms with Crippen LogP contribution in [0, 0.1) is 0 Å². The van der Waals surface area contributed by atoms with Crippen molar-refractivity contribution < 1.29 is 0 Å². The molecule has 45 heavy (non-hydrogen) atoms. The van der Waals surface area contributed by atoms with Crippen LogP contribution >= 0.6 is 0 Å². The van der Waals surface area contributed by atoms with Gasteiger partial charge in [-0.25, -0.2) is 0 Å². The molecule has 212 valence electrons. The number of fused-ring (bicyclic) bond motifs is 6. The molecule has 9 aromatic rings. The average molecular weight is 575 g/mol. The lowest BCUT2D eigenvalue weighted by atomic mass is 10.0. The van der Waals surface area contributed by atoms with Crippen LogP contribution in [0.5, 0.6) is 0 Å². The first-order valence-corrected chi connectivity index (χ1v) is 15.5. The lowest BCUT2D eigenvalue weighted by Gasteiger charge is -2.10. The van der Waals surface area contributed by atoms with Gasteiger partial charge in [0.15, 0.2) is 0 Å². The summed E-state index contributed by atoms with van der Waals surface area (Å²) in [5.74, 6) is 0. The second-order valence-corrected chi connectivity index (χ2v) is 11.9. The van der Waals surface area contributed by atoms with Gasteiger partial charge >= 0.3 is 0 Å². The first-order chi connectivity index (χ1) is 22.2. The number of aryl methyl sites for hydroxylation is 1. The van der Waals surface area contributed by atoms with Gasteiger partial charge in [0, 0.05) is 45.3 Å². The fraction of sp³-hybridized carbons (Fsp3) is 0.0233. The van der Waals surface area contributed by atoms with Gasteiger partial charge in [0.05, 0.1) is 11.0 Å². The highest BCUT2D eigenvalue weighted by Gasteiger charge is 2.17. The molecule has 0 amide bonds. The summed E-state index contributed by atoms with van der Waals surface area (Å²) in [6, 6.07) is 59.6. The minimum absolute atomic E-state index is 1.17. The lowest BCUT2D eigenvalue weighted by molar-refractivity contribution is 1.01. The van der Waals surface area contributed by atoms with E-state index in [1.54, 1.807) is 0 Å². The Bertz CT molecular complexity index is 2420. The lowest BCUT2D eigenvalue weighted by Crippen LogP contribution is -1.94. The molecule has 0 spiro atoms. The molecule has 0 bridgehead atoms. The van der Waals surface area contributed by atoms with Crippen molar-refractivity contribution in [1.29, 1.82) is 0 Å². The second-order valence-electron chi connectivity index (χ2n) is 11.9. The van der Waals surface area contributed by atoms with E-state index in [9.17, 15) is 0 Å². The number of benzene rings is 7. The largest absolute Gasteiger partial charge is 0.344 e. The zero-order valence-electron chi connectivity index (χ0n) is 25.0. The fourth-order valence-electron chi connectivity index (χ4n) is 7.08. The summed E-state index contributed by atoms with van der Waals surface area (Å²) >= 11 is 0. The van der Waals surface area contributed by atoms with Gasteiger partial charge in [-0.1, -0.05) is 109 Å². The van der Waals surface area contributed by atoms with E-state index in [1.807, 2.05) is 0 Å². The summed E-state index contributed by atoms with van der Waals surface area (Å²) in [5.41, 5.74) is 13.4. The van der Waals surface area contributed by atoms with E-state index in [1.165, 1.54) is 82.7 Å². The van der Waals surface area contributed by atoms with E-state index in [-0.39, 0.29) is 0 Å². The van der Waals surface area contributed by atoms with Crippen molar-refractivity contribution in [3.63, 3.8) is 0 Å². The van der Waals surface area contributed by atoms with Gasteiger partial charge in [-0.3, -0.25) is 0 Å². The Balaban J connectivity index is 1.30. The van der Waals surface area contributed by atoms with Gasteiger partial charge in [-0.15, -0.1) is 0 Å². The van der Waals surface area contributed by atoms with Crippen LogP contribution < -0.4 is 0 Å². The molecule has 0 aliphatic rings. The summed E-state index contributed by atoms with van der Waals surface area (Å²) in [5, 5.41) is 5.05. The van der Waals surface area contributed by atoms with Crippen LogP contribution in [0.4, 0.5) is 0 Å². The zero-order chi connectivity index (χ0) is 29.9. The van der Waals surface area contributed by atoms with Gasteiger partial charge in [-0.05, 0) is 88.0 Å². The first-order valence-electron chi connectivity index (χ1n) is 15.5. The van der Waals surface area contributed by atoms with Crippen molar-refractivity contribution in [3.8, 4) is 39.1 Å². The van der Waals surface area contributed by atoms with Crippen LogP contribution in [0.1, 0.15) is 0 Å². The Labute approximate surface area is 262 Å². The summed E-state index contributed by atoms with van der Waals surface area (Å²) in [6.45, 7) is 0. The number of nitrogens with zero attached hydrogens (tertiary/aromatic N) is 2. The first kappa shape index (κ1) is 25.6. The fourth-order valence-corrected chi connectivity index (χ4v) is 7.08.